The van der Waals surface area contributed by atoms with Crippen LogP contribution < -0.4 is 5.32 Å². The number of phenols is 1. The highest BCUT2D eigenvalue weighted by molar-refractivity contribution is 5.26. The molecule has 1 fully saturated rings. The molecular formula is C17H28N2O. The van der Waals surface area contributed by atoms with Gasteiger partial charge in [-0.1, -0.05) is 12.1 Å². The number of hydrogen-bond donors (Lipinski definition) is 2. The molecule has 2 unspecified atom stereocenters. The van der Waals surface area contributed by atoms with Crippen molar-refractivity contribution < 1.29 is 5.11 Å². The molecule has 0 saturated carbocycles. The fourth-order valence-corrected chi connectivity index (χ4v) is 3.16. The van der Waals surface area contributed by atoms with E-state index >= 15 is 0 Å². The number of rotatable bonds is 6. The van der Waals surface area contributed by atoms with Crippen molar-refractivity contribution in [2.75, 3.05) is 13.1 Å². The lowest BCUT2D eigenvalue weighted by atomic mass is 10.0. The van der Waals surface area contributed by atoms with Gasteiger partial charge in [0.25, 0.3) is 0 Å². The second-order valence-corrected chi connectivity index (χ2v) is 6.30. The quantitative estimate of drug-likeness (QED) is 0.838. The number of phenolic OH excluding ortho intramolecular Hbond substituents is 1. The summed E-state index contributed by atoms with van der Waals surface area (Å²) in [5, 5.41) is 13.0. The molecule has 1 aromatic carbocycles. The zero-order valence-corrected chi connectivity index (χ0v) is 13.0. The molecule has 3 heteroatoms. The van der Waals surface area contributed by atoms with Crippen LogP contribution in [0.2, 0.25) is 0 Å². The van der Waals surface area contributed by atoms with E-state index in [1.54, 1.807) is 12.1 Å². The minimum absolute atomic E-state index is 0.345. The lowest BCUT2D eigenvalue weighted by Crippen LogP contribution is -2.46. The van der Waals surface area contributed by atoms with E-state index in [2.05, 4.69) is 31.0 Å². The highest BCUT2D eigenvalue weighted by Crippen LogP contribution is 2.17. The van der Waals surface area contributed by atoms with E-state index in [4.69, 9.17) is 0 Å². The van der Waals surface area contributed by atoms with Gasteiger partial charge in [-0.25, -0.2) is 0 Å². The summed E-state index contributed by atoms with van der Waals surface area (Å²) in [5.41, 5.74) is 1.29. The van der Waals surface area contributed by atoms with Crippen LogP contribution >= 0.6 is 0 Å². The second-order valence-electron chi connectivity index (χ2n) is 6.30. The van der Waals surface area contributed by atoms with E-state index in [9.17, 15) is 5.11 Å². The molecule has 2 N–H and O–H groups in total. The maximum absolute atomic E-state index is 9.36. The third-order valence-electron chi connectivity index (χ3n) is 4.29. The van der Waals surface area contributed by atoms with Gasteiger partial charge in [-0.2, -0.15) is 0 Å². The van der Waals surface area contributed by atoms with E-state index < -0.39 is 0 Å². The molecule has 20 heavy (non-hydrogen) atoms. The van der Waals surface area contributed by atoms with Gasteiger partial charge < -0.3 is 10.4 Å². The summed E-state index contributed by atoms with van der Waals surface area (Å²) in [6.07, 6.45) is 3.64. The van der Waals surface area contributed by atoms with Crippen LogP contribution in [0.5, 0.6) is 5.75 Å². The smallest absolute Gasteiger partial charge is 0.115 e. The number of nitrogens with one attached hydrogen (secondary N) is 1. The Hall–Kier alpha value is -1.06. The SMILES string of the molecule is CC(C)N(CC1CCCN1)C(C)Cc1ccc(O)cc1. The van der Waals surface area contributed by atoms with Gasteiger partial charge in [0.15, 0.2) is 0 Å². The molecule has 1 heterocycles. The van der Waals surface area contributed by atoms with Crippen molar-refractivity contribution in [3.05, 3.63) is 29.8 Å². The van der Waals surface area contributed by atoms with Crippen molar-refractivity contribution in [1.29, 1.82) is 0 Å². The first-order chi connectivity index (χ1) is 9.56. The van der Waals surface area contributed by atoms with Gasteiger partial charge in [0.05, 0.1) is 0 Å². The number of aromatic hydroxyl groups is 1. The fourth-order valence-electron chi connectivity index (χ4n) is 3.16. The summed E-state index contributed by atoms with van der Waals surface area (Å²) < 4.78 is 0. The Balaban J connectivity index is 1.95. The first kappa shape index (κ1) is 15.3. The Bertz CT molecular complexity index is 396. The molecule has 2 rings (SSSR count). The van der Waals surface area contributed by atoms with Crippen molar-refractivity contribution in [3.8, 4) is 5.75 Å². The van der Waals surface area contributed by atoms with Gasteiger partial charge in [-0.15, -0.1) is 0 Å². The molecule has 0 bridgehead atoms. The summed E-state index contributed by atoms with van der Waals surface area (Å²) in [7, 11) is 0. The van der Waals surface area contributed by atoms with Crippen LogP contribution in [-0.2, 0) is 6.42 Å². The summed E-state index contributed by atoms with van der Waals surface area (Å²) >= 11 is 0. The zero-order chi connectivity index (χ0) is 14.5. The predicted octanol–water partition coefficient (Wildman–Crippen LogP) is 2.79. The van der Waals surface area contributed by atoms with E-state index in [-0.39, 0.29) is 0 Å². The van der Waals surface area contributed by atoms with Gasteiger partial charge >= 0.3 is 0 Å². The molecule has 0 amide bonds. The maximum Gasteiger partial charge on any atom is 0.115 e. The number of nitrogens with zero attached hydrogens (tertiary/aromatic N) is 1. The fraction of sp³-hybridized carbons (Fsp3) is 0.647. The lowest BCUT2D eigenvalue weighted by Gasteiger charge is -2.35. The van der Waals surface area contributed by atoms with Crippen LogP contribution in [0.1, 0.15) is 39.2 Å². The van der Waals surface area contributed by atoms with Crippen molar-refractivity contribution in [1.82, 2.24) is 10.2 Å². The van der Waals surface area contributed by atoms with Crippen molar-refractivity contribution >= 4 is 0 Å². The molecule has 2 atom stereocenters. The summed E-state index contributed by atoms with van der Waals surface area (Å²) in [4.78, 5) is 2.59. The van der Waals surface area contributed by atoms with E-state index in [1.807, 2.05) is 12.1 Å². The topological polar surface area (TPSA) is 35.5 Å². The Morgan fingerprint density at radius 3 is 2.50 bits per heavy atom. The van der Waals surface area contributed by atoms with Crippen LogP contribution in [-0.4, -0.2) is 41.2 Å². The van der Waals surface area contributed by atoms with Gasteiger partial charge in [0.1, 0.15) is 5.75 Å². The van der Waals surface area contributed by atoms with Gasteiger partial charge in [0, 0.05) is 24.7 Å². The first-order valence-electron chi connectivity index (χ1n) is 7.83. The molecule has 1 aliphatic heterocycles. The summed E-state index contributed by atoms with van der Waals surface area (Å²) in [6.45, 7) is 9.17. The molecule has 0 aliphatic carbocycles. The third kappa shape index (κ3) is 4.22. The molecule has 0 spiro atoms. The Kier molecular flexibility index (Phi) is 5.44. The van der Waals surface area contributed by atoms with Crippen LogP contribution in [0, 0.1) is 0 Å². The largest absolute Gasteiger partial charge is 0.508 e. The van der Waals surface area contributed by atoms with Gasteiger partial charge in [-0.3, -0.25) is 4.90 Å². The minimum Gasteiger partial charge on any atom is -0.508 e. The molecule has 1 aliphatic rings. The molecule has 112 valence electrons. The maximum atomic E-state index is 9.36. The Labute approximate surface area is 123 Å². The highest BCUT2D eigenvalue weighted by atomic mass is 16.3. The Morgan fingerprint density at radius 1 is 1.25 bits per heavy atom. The summed E-state index contributed by atoms with van der Waals surface area (Å²) in [6, 6.07) is 9.34. The molecule has 1 saturated heterocycles. The number of hydrogen-bond acceptors (Lipinski definition) is 3. The lowest BCUT2D eigenvalue weighted by molar-refractivity contribution is 0.148. The van der Waals surface area contributed by atoms with Crippen molar-refractivity contribution in [2.24, 2.45) is 0 Å². The van der Waals surface area contributed by atoms with E-state index in [0.717, 1.165) is 13.0 Å². The third-order valence-corrected chi connectivity index (χ3v) is 4.29. The van der Waals surface area contributed by atoms with E-state index in [0.29, 0.717) is 23.9 Å². The zero-order valence-electron chi connectivity index (χ0n) is 13.0. The molecule has 1 aromatic rings. The summed E-state index contributed by atoms with van der Waals surface area (Å²) in [5.74, 6) is 0.345. The van der Waals surface area contributed by atoms with Crippen molar-refractivity contribution in [2.45, 2.75) is 58.2 Å². The van der Waals surface area contributed by atoms with E-state index in [1.165, 1.54) is 24.9 Å². The predicted molar refractivity (Wildman–Crippen MR) is 84.1 cm³/mol. The average Bonchev–Trinajstić information content (AvgIpc) is 2.91. The van der Waals surface area contributed by atoms with Crippen LogP contribution in [0.4, 0.5) is 0 Å². The second kappa shape index (κ2) is 7.09. The van der Waals surface area contributed by atoms with Crippen LogP contribution in [0.3, 0.4) is 0 Å². The molecule has 0 aromatic heterocycles. The highest BCUT2D eigenvalue weighted by Gasteiger charge is 2.23. The molecule has 0 radical (unpaired) electrons. The molecular weight excluding hydrogens is 248 g/mol. The standard InChI is InChI=1S/C17H28N2O/c1-13(2)19(12-16-5-4-10-18-16)14(3)11-15-6-8-17(20)9-7-15/h6-9,13-14,16,18,20H,4-5,10-12H2,1-3H3. The van der Waals surface area contributed by atoms with Gasteiger partial charge in [-0.05, 0) is 64.3 Å². The Morgan fingerprint density at radius 2 is 1.95 bits per heavy atom. The van der Waals surface area contributed by atoms with Crippen LogP contribution in [0.15, 0.2) is 24.3 Å². The first-order valence-corrected chi connectivity index (χ1v) is 7.83. The number of benzene rings is 1. The minimum atomic E-state index is 0.345. The average molecular weight is 276 g/mol. The van der Waals surface area contributed by atoms with Crippen molar-refractivity contribution in [3.63, 3.8) is 0 Å². The molecule has 3 nitrogen and oxygen atoms in total. The monoisotopic (exact) mass is 276 g/mol. The van der Waals surface area contributed by atoms with Gasteiger partial charge in [0.2, 0.25) is 0 Å². The van der Waals surface area contributed by atoms with Crippen LogP contribution in [0.25, 0.3) is 0 Å². The normalized spacial score (nSPS) is 20.8.